The molecule has 1 aliphatic rings. The third-order valence-electron chi connectivity index (χ3n) is 6.39. The summed E-state index contributed by atoms with van der Waals surface area (Å²) in [5, 5.41) is 18.1. The maximum atomic E-state index is 12.7. The number of guanidine groups is 1. The van der Waals surface area contributed by atoms with Gasteiger partial charge in [-0.15, -0.1) is 0 Å². The smallest absolute Gasteiger partial charge is 0.416 e. The molecule has 4 aromatic rings. The van der Waals surface area contributed by atoms with Crippen LogP contribution in [0.5, 0.6) is 5.75 Å². The summed E-state index contributed by atoms with van der Waals surface area (Å²) in [5.41, 5.74) is 6.66. The highest BCUT2D eigenvalue weighted by Crippen LogP contribution is 2.33. The van der Waals surface area contributed by atoms with Gasteiger partial charge in [-0.3, -0.25) is 0 Å². The minimum atomic E-state index is -4.34. The molecular weight excluding hydrogens is 487 g/mol. The normalized spacial score (nSPS) is 16.5. The number of nitrogens with two attached hydrogens (primary N) is 1. The van der Waals surface area contributed by atoms with Gasteiger partial charge < -0.3 is 25.1 Å². The number of hydrogen-bond acceptors (Lipinski definition) is 6. The molecule has 3 N–H and O–H groups in total. The third kappa shape index (κ3) is 5.30. The fraction of sp³-hybridized carbons (Fsp3) is 0.269. The van der Waals surface area contributed by atoms with E-state index in [-0.39, 0.29) is 12.0 Å². The van der Waals surface area contributed by atoms with Crippen LogP contribution in [0.15, 0.2) is 70.3 Å². The summed E-state index contributed by atoms with van der Waals surface area (Å²) in [4.78, 5) is 6.28. The van der Waals surface area contributed by atoms with Gasteiger partial charge in [-0.25, -0.2) is 0 Å². The lowest BCUT2D eigenvalue weighted by Crippen LogP contribution is -2.36. The van der Waals surface area contributed by atoms with Crippen molar-refractivity contribution in [2.75, 3.05) is 13.2 Å². The van der Waals surface area contributed by atoms with Gasteiger partial charge in [0.05, 0.1) is 12.2 Å². The minimum absolute atomic E-state index is 0.0188. The molecule has 8 nitrogen and oxygen atoms in total. The van der Waals surface area contributed by atoms with Crippen LogP contribution in [0, 0.1) is 0 Å². The van der Waals surface area contributed by atoms with E-state index in [1.54, 1.807) is 4.90 Å². The second-order valence-corrected chi connectivity index (χ2v) is 8.78. The molecule has 5 rings (SSSR count). The van der Waals surface area contributed by atoms with Crippen LogP contribution < -0.4 is 10.5 Å². The lowest BCUT2D eigenvalue weighted by Gasteiger charge is -2.21. The number of benzene rings is 3. The van der Waals surface area contributed by atoms with Gasteiger partial charge in [-0.1, -0.05) is 40.6 Å². The summed E-state index contributed by atoms with van der Waals surface area (Å²) in [7, 11) is 0. The Bertz CT molecular complexity index is 1420. The molecule has 1 atom stereocenters. The van der Waals surface area contributed by atoms with Crippen LogP contribution in [-0.4, -0.2) is 39.4 Å². The van der Waals surface area contributed by atoms with Gasteiger partial charge in [0.25, 0.3) is 0 Å². The zero-order chi connectivity index (χ0) is 26.0. The summed E-state index contributed by atoms with van der Waals surface area (Å²) in [6, 6.07) is 16.3. The van der Waals surface area contributed by atoms with Crippen molar-refractivity contribution < 1.29 is 27.6 Å². The molecule has 1 fully saturated rings. The second-order valence-electron chi connectivity index (χ2n) is 8.78. The van der Waals surface area contributed by atoms with Crippen molar-refractivity contribution in [3.05, 3.63) is 77.7 Å². The predicted octanol–water partition coefficient (Wildman–Crippen LogP) is 5.37. The van der Waals surface area contributed by atoms with Crippen LogP contribution in [0.1, 0.15) is 35.9 Å². The molecule has 192 valence electrons. The van der Waals surface area contributed by atoms with Crippen LogP contribution >= 0.6 is 0 Å². The van der Waals surface area contributed by atoms with Crippen molar-refractivity contribution in [2.24, 2.45) is 10.9 Å². The fourth-order valence-electron chi connectivity index (χ4n) is 4.44. The molecule has 1 aliphatic heterocycles. The van der Waals surface area contributed by atoms with Gasteiger partial charge in [0.1, 0.15) is 11.8 Å². The van der Waals surface area contributed by atoms with E-state index in [1.165, 1.54) is 12.1 Å². The summed E-state index contributed by atoms with van der Waals surface area (Å²) in [6.07, 6.45) is -2.22. The summed E-state index contributed by atoms with van der Waals surface area (Å²) >= 11 is 0. The van der Waals surface area contributed by atoms with E-state index in [0.29, 0.717) is 37.0 Å². The fourth-order valence-corrected chi connectivity index (χ4v) is 4.44. The average molecular weight is 512 g/mol. The van der Waals surface area contributed by atoms with Crippen molar-refractivity contribution >= 4 is 16.7 Å². The zero-order valence-electron chi connectivity index (χ0n) is 19.7. The summed E-state index contributed by atoms with van der Waals surface area (Å²) in [6.45, 7) is 0.979. The summed E-state index contributed by atoms with van der Waals surface area (Å²) < 4.78 is 49.4. The van der Waals surface area contributed by atoms with E-state index in [1.807, 2.05) is 36.4 Å². The third-order valence-corrected chi connectivity index (χ3v) is 6.39. The van der Waals surface area contributed by atoms with E-state index >= 15 is 0 Å². The first-order chi connectivity index (χ1) is 17.8. The number of aromatic nitrogens is 2. The molecule has 0 amide bonds. The van der Waals surface area contributed by atoms with Gasteiger partial charge in [-0.05, 0) is 59.5 Å². The largest absolute Gasteiger partial charge is 0.493 e. The summed E-state index contributed by atoms with van der Waals surface area (Å²) in [5.74, 6) is 1.54. The standard InChI is InChI=1S/C26H24F3N5O3/c27-26(28,29)20-8-3-16(4-9-20)11-13-36-21-10-7-17-14-19(6-5-18(17)15-21)23-31-24(37-33-23)22-2-1-12-34(22)25(30)32-35/h3-10,14-15,22,35H,1-2,11-13H2,(H2,30,32)/t22-/m0/s1. The molecular formula is C26H24F3N5O3. The van der Waals surface area contributed by atoms with Crippen LogP contribution in [0.2, 0.25) is 0 Å². The van der Waals surface area contributed by atoms with Crippen molar-refractivity contribution in [2.45, 2.75) is 31.5 Å². The number of nitrogens with zero attached hydrogens (tertiary/aromatic N) is 4. The van der Waals surface area contributed by atoms with Gasteiger partial charge in [-0.2, -0.15) is 18.2 Å². The van der Waals surface area contributed by atoms with Gasteiger partial charge >= 0.3 is 6.18 Å². The zero-order valence-corrected chi connectivity index (χ0v) is 19.7. The molecule has 37 heavy (non-hydrogen) atoms. The molecule has 3 aromatic carbocycles. The van der Waals surface area contributed by atoms with Crippen molar-refractivity contribution in [1.29, 1.82) is 0 Å². The Morgan fingerprint density at radius 3 is 2.62 bits per heavy atom. The maximum absolute atomic E-state index is 12.7. The van der Waals surface area contributed by atoms with Crippen LogP contribution in [0.4, 0.5) is 13.2 Å². The van der Waals surface area contributed by atoms with E-state index in [4.69, 9.17) is 20.2 Å². The Morgan fingerprint density at radius 1 is 1.11 bits per heavy atom. The first kappa shape index (κ1) is 24.4. The molecule has 2 heterocycles. The van der Waals surface area contributed by atoms with Gasteiger partial charge in [0.2, 0.25) is 17.7 Å². The molecule has 0 bridgehead atoms. The van der Waals surface area contributed by atoms with Crippen LogP contribution in [-0.2, 0) is 12.6 Å². The van der Waals surface area contributed by atoms with E-state index < -0.39 is 11.7 Å². The number of rotatable bonds is 6. The Balaban J connectivity index is 1.24. The second kappa shape index (κ2) is 10.00. The first-order valence-electron chi connectivity index (χ1n) is 11.7. The predicted molar refractivity (Wildman–Crippen MR) is 130 cm³/mol. The lowest BCUT2D eigenvalue weighted by atomic mass is 10.1. The minimum Gasteiger partial charge on any atom is -0.493 e. The number of ether oxygens (including phenoxy) is 1. The molecule has 0 aliphatic carbocycles. The Morgan fingerprint density at radius 2 is 1.86 bits per heavy atom. The quantitative estimate of drug-likeness (QED) is 0.155. The highest BCUT2D eigenvalue weighted by atomic mass is 19.4. The molecule has 0 saturated carbocycles. The van der Waals surface area contributed by atoms with E-state index in [2.05, 4.69) is 15.3 Å². The Labute approximate surface area is 210 Å². The maximum Gasteiger partial charge on any atom is 0.416 e. The van der Waals surface area contributed by atoms with E-state index in [9.17, 15) is 13.2 Å². The number of fused-ring (bicyclic) bond motifs is 1. The first-order valence-corrected chi connectivity index (χ1v) is 11.7. The number of halogens is 3. The number of oxime groups is 1. The van der Waals surface area contributed by atoms with Crippen molar-refractivity contribution in [3.63, 3.8) is 0 Å². The average Bonchev–Trinajstić information content (AvgIpc) is 3.58. The van der Waals surface area contributed by atoms with Crippen LogP contribution in [0.3, 0.4) is 0 Å². The highest BCUT2D eigenvalue weighted by molar-refractivity contribution is 5.87. The van der Waals surface area contributed by atoms with Gasteiger partial charge in [0.15, 0.2) is 0 Å². The topological polar surface area (TPSA) is 110 Å². The monoisotopic (exact) mass is 511 g/mol. The molecule has 1 saturated heterocycles. The Kier molecular flexibility index (Phi) is 6.60. The number of hydrogen-bond donors (Lipinski definition) is 2. The number of likely N-dealkylation sites (tertiary alicyclic amines) is 1. The van der Waals surface area contributed by atoms with Crippen molar-refractivity contribution in [1.82, 2.24) is 15.0 Å². The lowest BCUT2D eigenvalue weighted by molar-refractivity contribution is -0.137. The molecule has 0 spiro atoms. The Hall–Kier alpha value is -4.28. The molecule has 1 aromatic heterocycles. The van der Waals surface area contributed by atoms with E-state index in [0.717, 1.165) is 46.9 Å². The number of alkyl halides is 3. The highest BCUT2D eigenvalue weighted by Gasteiger charge is 2.32. The molecule has 0 radical (unpaired) electrons. The van der Waals surface area contributed by atoms with Gasteiger partial charge in [0, 0.05) is 18.5 Å². The van der Waals surface area contributed by atoms with Crippen molar-refractivity contribution in [3.8, 4) is 17.1 Å². The van der Waals surface area contributed by atoms with Crippen LogP contribution in [0.25, 0.3) is 22.2 Å². The SMILES string of the molecule is N/C(=N\O)N1CCC[C@H]1c1nc(-c2ccc3cc(OCCc4ccc(C(F)(F)F)cc4)ccc3c2)no1. The molecule has 11 heteroatoms. The molecule has 0 unspecified atom stereocenters.